The van der Waals surface area contributed by atoms with Gasteiger partial charge in [0.1, 0.15) is 11.3 Å². The number of hydrogen-bond acceptors (Lipinski definition) is 5. The zero-order chi connectivity index (χ0) is 30.6. The minimum absolute atomic E-state index is 0.422. The molecule has 5 heteroatoms. The predicted octanol–water partition coefficient (Wildman–Crippen LogP) is 10.5. The lowest BCUT2D eigenvalue weighted by atomic mass is 9.87. The van der Waals surface area contributed by atoms with E-state index in [4.69, 9.17) is 24.4 Å². The highest BCUT2D eigenvalue weighted by Gasteiger charge is 2.24. The Bertz CT molecular complexity index is 2460. The second-order valence-corrected chi connectivity index (χ2v) is 11.9. The summed E-state index contributed by atoms with van der Waals surface area (Å²) in [4.78, 5) is 20.2. The Labute approximate surface area is 266 Å². The van der Waals surface area contributed by atoms with E-state index in [1.54, 1.807) is 0 Å². The van der Waals surface area contributed by atoms with Gasteiger partial charge in [0.2, 0.25) is 0 Å². The quantitative estimate of drug-likeness (QED) is 0.203. The molecule has 0 saturated carbocycles. The van der Waals surface area contributed by atoms with Crippen molar-refractivity contribution in [2.24, 2.45) is 0 Å². The van der Waals surface area contributed by atoms with E-state index in [-0.39, 0.29) is 0 Å². The molecular formula is C41H28N4O. The van der Waals surface area contributed by atoms with Crippen LogP contribution in [0.5, 0.6) is 0 Å². The van der Waals surface area contributed by atoms with Gasteiger partial charge >= 0.3 is 0 Å². The molecule has 0 saturated heterocycles. The molecule has 0 fully saturated rings. The molecule has 1 atom stereocenters. The highest BCUT2D eigenvalue weighted by atomic mass is 16.3. The maximum Gasteiger partial charge on any atom is 0.166 e. The van der Waals surface area contributed by atoms with Crippen LogP contribution in [0.3, 0.4) is 0 Å². The van der Waals surface area contributed by atoms with Gasteiger partial charge in [-0.3, -0.25) is 4.98 Å². The summed E-state index contributed by atoms with van der Waals surface area (Å²) in [5.74, 6) is 2.19. The molecule has 9 rings (SSSR count). The van der Waals surface area contributed by atoms with Crippen LogP contribution >= 0.6 is 0 Å². The summed E-state index contributed by atoms with van der Waals surface area (Å²) in [6.45, 7) is 2.27. The van der Waals surface area contributed by atoms with E-state index in [0.717, 1.165) is 61.7 Å². The van der Waals surface area contributed by atoms with Crippen molar-refractivity contribution in [2.75, 3.05) is 0 Å². The number of fused-ring (bicyclic) bond motifs is 5. The summed E-state index contributed by atoms with van der Waals surface area (Å²) >= 11 is 0. The third kappa shape index (κ3) is 4.39. The molecule has 1 unspecified atom stereocenters. The van der Waals surface area contributed by atoms with Gasteiger partial charge in [0.15, 0.2) is 23.1 Å². The maximum atomic E-state index is 6.73. The molecule has 8 aromatic rings. The number of allylic oxidation sites excluding steroid dienone is 1. The molecule has 0 N–H and O–H groups in total. The Morgan fingerprint density at radius 2 is 1.35 bits per heavy atom. The van der Waals surface area contributed by atoms with Gasteiger partial charge in [0.25, 0.3) is 0 Å². The SMILES string of the molecule is CC1CC=Cc2cc3c(cc21)oc1c(-c2ccccc2)ncc(-c2nc(-c4ccccc4)nc(-c4ccc5ccccc5c4)n2)c13. The van der Waals surface area contributed by atoms with E-state index in [0.29, 0.717) is 23.4 Å². The Hall–Kier alpha value is -5.94. The van der Waals surface area contributed by atoms with E-state index >= 15 is 0 Å². The number of rotatable bonds is 4. The van der Waals surface area contributed by atoms with Crippen molar-refractivity contribution in [3.8, 4) is 45.4 Å². The lowest BCUT2D eigenvalue weighted by Gasteiger charge is -2.17. The van der Waals surface area contributed by atoms with Crippen molar-refractivity contribution in [3.05, 3.63) is 139 Å². The molecule has 5 nitrogen and oxygen atoms in total. The number of aromatic nitrogens is 4. The molecule has 218 valence electrons. The summed E-state index contributed by atoms with van der Waals surface area (Å²) in [6, 6.07) is 39.4. The fraction of sp³-hybridized carbons (Fsp3) is 0.0732. The summed E-state index contributed by atoms with van der Waals surface area (Å²) in [5, 5.41) is 4.28. The van der Waals surface area contributed by atoms with Gasteiger partial charge in [-0.05, 0) is 52.4 Å². The van der Waals surface area contributed by atoms with Gasteiger partial charge < -0.3 is 4.42 Å². The molecule has 3 heterocycles. The minimum Gasteiger partial charge on any atom is -0.454 e. The Kier molecular flexibility index (Phi) is 6.10. The van der Waals surface area contributed by atoms with Gasteiger partial charge in [0.05, 0.1) is 0 Å². The van der Waals surface area contributed by atoms with E-state index in [9.17, 15) is 0 Å². The van der Waals surface area contributed by atoms with Gasteiger partial charge in [0, 0.05) is 39.2 Å². The first-order chi connectivity index (χ1) is 22.7. The topological polar surface area (TPSA) is 64.7 Å². The second kappa shape index (κ2) is 10.6. The van der Waals surface area contributed by atoms with Crippen LogP contribution in [0.15, 0.2) is 132 Å². The summed E-state index contributed by atoms with van der Waals surface area (Å²) < 4.78 is 6.73. The van der Waals surface area contributed by atoms with Gasteiger partial charge in [-0.2, -0.15) is 0 Å². The van der Waals surface area contributed by atoms with Crippen LogP contribution in [-0.4, -0.2) is 19.9 Å². The number of furan rings is 1. The van der Waals surface area contributed by atoms with E-state index < -0.39 is 0 Å². The molecule has 0 amide bonds. The largest absolute Gasteiger partial charge is 0.454 e. The zero-order valence-electron chi connectivity index (χ0n) is 25.2. The second-order valence-electron chi connectivity index (χ2n) is 11.9. The molecule has 46 heavy (non-hydrogen) atoms. The fourth-order valence-corrected chi connectivity index (χ4v) is 6.60. The first kappa shape index (κ1) is 26.5. The van der Waals surface area contributed by atoms with Crippen LogP contribution in [-0.2, 0) is 0 Å². The highest BCUT2D eigenvalue weighted by Crippen LogP contribution is 2.43. The smallest absolute Gasteiger partial charge is 0.166 e. The molecule has 0 aliphatic heterocycles. The normalized spacial score (nSPS) is 14.2. The summed E-state index contributed by atoms with van der Waals surface area (Å²) in [5.41, 5.74) is 8.53. The number of hydrogen-bond donors (Lipinski definition) is 0. The lowest BCUT2D eigenvalue weighted by molar-refractivity contribution is 0.665. The van der Waals surface area contributed by atoms with Crippen LogP contribution in [0, 0.1) is 0 Å². The molecule has 1 aliphatic carbocycles. The summed E-state index contributed by atoms with van der Waals surface area (Å²) in [6.07, 6.45) is 7.39. The molecular weight excluding hydrogens is 564 g/mol. The molecule has 0 spiro atoms. The average Bonchev–Trinajstić information content (AvgIpc) is 3.49. The summed E-state index contributed by atoms with van der Waals surface area (Å²) in [7, 11) is 0. The van der Waals surface area contributed by atoms with Crippen LogP contribution < -0.4 is 0 Å². The van der Waals surface area contributed by atoms with Gasteiger partial charge in [-0.15, -0.1) is 0 Å². The number of benzene rings is 5. The van der Waals surface area contributed by atoms with Crippen molar-refractivity contribution in [1.29, 1.82) is 0 Å². The highest BCUT2D eigenvalue weighted by molar-refractivity contribution is 6.15. The monoisotopic (exact) mass is 592 g/mol. The van der Waals surface area contributed by atoms with Crippen molar-refractivity contribution < 1.29 is 4.42 Å². The first-order valence-electron chi connectivity index (χ1n) is 15.6. The van der Waals surface area contributed by atoms with Crippen LogP contribution in [0.25, 0.3) is 84.2 Å². The van der Waals surface area contributed by atoms with Crippen molar-refractivity contribution in [2.45, 2.75) is 19.3 Å². The molecule has 1 aliphatic rings. The predicted molar refractivity (Wildman–Crippen MR) is 186 cm³/mol. The molecule has 0 bridgehead atoms. The Balaban J connectivity index is 1.34. The van der Waals surface area contributed by atoms with Gasteiger partial charge in [-0.25, -0.2) is 15.0 Å². The first-order valence-corrected chi connectivity index (χ1v) is 15.6. The van der Waals surface area contributed by atoms with E-state index in [2.05, 4.69) is 85.8 Å². The average molecular weight is 593 g/mol. The van der Waals surface area contributed by atoms with Crippen molar-refractivity contribution >= 4 is 38.8 Å². The molecule has 5 aromatic carbocycles. The third-order valence-corrected chi connectivity index (χ3v) is 8.98. The lowest BCUT2D eigenvalue weighted by Crippen LogP contribution is -2.01. The van der Waals surface area contributed by atoms with Crippen LogP contribution in [0.2, 0.25) is 0 Å². The van der Waals surface area contributed by atoms with Crippen molar-refractivity contribution in [3.63, 3.8) is 0 Å². The Morgan fingerprint density at radius 3 is 2.15 bits per heavy atom. The fourth-order valence-electron chi connectivity index (χ4n) is 6.60. The van der Waals surface area contributed by atoms with Crippen molar-refractivity contribution in [1.82, 2.24) is 19.9 Å². The third-order valence-electron chi connectivity index (χ3n) is 8.98. The molecule has 0 radical (unpaired) electrons. The Morgan fingerprint density at radius 1 is 0.652 bits per heavy atom. The number of nitrogens with zero attached hydrogens (tertiary/aromatic N) is 4. The van der Waals surface area contributed by atoms with E-state index in [1.165, 1.54) is 16.5 Å². The number of pyridine rings is 1. The van der Waals surface area contributed by atoms with Crippen LogP contribution in [0.1, 0.15) is 30.4 Å². The van der Waals surface area contributed by atoms with E-state index in [1.807, 2.05) is 54.7 Å². The van der Waals surface area contributed by atoms with Gasteiger partial charge in [-0.1, -0.05) is 116 Å². The molecule has 3 aromatic heterocycles. The minimum atomic E-state index is 0.422. The van der Waals surface area contributed by atoms with Crippen LogP contribution in [0.4, 0.5) is 0 Å². The maximum absolute atomic E-state index is 6.73. The standard InChI is InChI=1S/C41H28N4O/c1-25-11-10-18-30-22-33-35(23-32(25)30)46-38-36(33)34(24-42-37(38)27-13-4-2-5-14-27)41-44-39(28-15-6-3-7-16-28)43-40(45-41)31-20-19-26-12-8-9-17-29(26)21-31/h2-10,12-25H,11H2,1H3. The zero-order valence-corrected chi connectivity index (χ0v) is 25.2.